The molecule has 0 N–H and O–H groups in total. The summed E-state index contributed by atoms with van der Waals surface area (Å²) in [6, 6.07) is 0. The Labute approximate surface area is 81.9 Å². The van der Waals surface area contributed by atoms with E-state index in [0.29, 0.717) is 6.10 Å². The zero-order valence-corrected chi connectivity index (χ0v) is 8.63. The van der Waals surface area contributed by atoms with Gasteiger partial charge in [0.25, 0.3) is 0 Å². The van der Waals surface area contributed by atoms with Crippen LogP contribution in [0.2, 0.25) is 0 Å². The second-order valence-electron chi connectivity index (χ2n) is 4.66. The topological polar surface area (TPSA) is 9.23 Å². The van der Waals surface area contributed by atoms with Crippen LogP contribution in [0.4, 0.5) is 0 Å². The first kappa shape index (κ1) is 9.51. The zero-order valence-electron chi connectivity index (χ0n) is 8.63. The molecule has 13 heavy (non-hydrogen) atoms. The Bertz CT molecular complexity index is 130. The number of rotatable bonds is 1. The van der Waals surface area contributed by atoms with Gasteiger partial charge in [0, 0.05) is 6.61 Å². The molecule has 0 aromatic rings. The summed E-state index contributed by atoms with van der Waals surface area (Å²) in [6.07, 6.45) is 13.4. The van der Waals surface area contributed by atoms with E-state index in [1.165, 1.54) is 57.8 Å². The molecule has 1 saturated heterocycles. The third kappa shape index (κ3) is 2.70. The van der Waals surface area contributed by atoms with Crippen LogP contribution in [0.1, 0.15) is 57.8 Å². The first-order chi connectivity index (χ1) is 6.47. The Morgan fingerprint density at radius 3 is 2.00 bits per heavy atom. The number of ether oxygens (including phenoxy) is 1. The molecule has 76 valence electrons. The van der Waals surface area contributed by atoms with Gasteiger partial charge in [-0.1, -0.05) is 25.7 Å². The maximum atomic E-state index is 5.87. The van der Waals surface area contributed by atoms with Crippen LogP contribution in [0.5, 0.6) is 0 Å². The van der Waals surface area contributed by atoms with Crippen LogP contribution in [-0.2, 0) is 4.74 Å². The van der Waals surface area contributed by atoms with Crippen molar-refractivity contribution in [3.8, 4) is 0 Å². The highest BCUT2D eigenvalue weighted by molar-refractivity contribution is 4.75. The van der Waals surface area contributed by atoms with E-state index in [1.54, 1.807) is 0 Å². The van der Waals surface area contributed by atoms with Crippen LogP contribution in [0, 0.1) is 5.92 Å². The van der Waals surface area contributed by atoms with Gasteiger partial charge in [-0.05, 0) is 38.0 Å². The lowest BCUT2D eigenvalue weighted by molar-refractivity contribution is -0.0248. The van der Waals surface area contributed by atoms with E-state index < -0.39 is 0 Å². The highest BCUT2D eigenvalue weighted by Gasteiger charge is 2.24. The molecule has 1 heteroatoms. The van der Waals surface area contributed by atoms with Crippen molar-refractivity contribution < 1.29 is 4.74 Å². The molecule has 1 atom stereocenters. The SMILES string of the molecule is C1CCCC(C2CCCCO2)CC1. The smallest absolute Gasteiger partial charge is 0.0603 e. The Balaban J connectivity index is 1.82. The van der Waals surface area contributed by atoms with Gasteiger partial charge in [-0.2, -0.15) is 0 Å². The van der Waals surface area contributed by atoms with Gasteiger partial charge >= 0.3 is 0 Å². The molecule has 0 amide bonds. The van der Waals surface area contributed by atoms with Crippen molar-refractivity contribution in [2.75, 3.05) is 6.61 Å². The van der Waals surface area contributed by atoms with Gasteiger partial charge in [0.05, 0.1) is 6.10 Å². The Kier molecular flexibility index (Phi) is 3.65. The van der Waals surface area contributed by atoms with Crippen molar-refractivity contribution in [3.63, 3.8) is 0 Å². The van der Waals surface area contributed by atoms with Crippen molar-refractivity contribution in [1.29, 1.82) is 0 Å². The van der Waals surface area contributed by atoms with Gasteiger partial charge in [-0.3, -0.25) is 0 Å². The maximum absolute atomic E-state index is 5.87. The molecule has 1 saturated carbocycles. The van der Waals surface area contributed by atoms with Crippen LogP contribution in [0.3, 0.4) is 0 Å². The average Bonchev–Trinajstić information content (AvgIpc) is 2.47. The Hall–Kier alpha value is -0.0400. The molecule has 1 unspecified atom stereocenters. The first-order valence-electron chi connectivity index (χ1n) is 6.08. The summed E-state index contributed by atoms with van der Waals surface area (Å²) in [5.74, 6) is 0.905. The van der Waals surface area contributed by atoms with Gasteiger partial charge in [-0.25, -0.2) is 0 Å². The lowest BCUT2D eigenvalue weighted by Gasteiger charge is -2.29. The average molecular weight is 182 g/mol. The number of hydrogen-bond acceptors (Lipinski definition) is 1. The minimum absolute atomic E-state index is 0.631. The molecular weight excluding hydrogens is 160 g/mol. The van der Waals surface area contributed by atoms with Crippen LogP contribution >= 0.6 is 0 Å². The fourth-order valence-corrected chi connectivity index (χ4v) is 2.82. The van der Waals surface area contributed by atoms with E-state index in [1.807, 2.05) is 0 Å². The molecule has 1 nitrogen and oxygen atoms in total. The van der Waals surface area contributed by atoms with Gasteiger partial charge in [0.1, 0.15) is 0 Å². The monoisotopic (exact) mass is 182 g/mol. The van der Waals surface area contributed by atoms with E-state index >= 15 is 0 Å². The standard InChI is InChI=1S/C12H22O/c1-2-4-8-11(7-3-1)12-9-5-6-10-13-12/h11-12H,1-10H2. The third-order valence-corrected chi connectivity index (χ3v) is 3.64. The van der Waals surface area contributed by atoms with Crippen molar-refractivity contribution >= 4 is 0 Å². The summed E-state index contributed by atoms with van der Waals surface area (Å²) < 4.78 is 5.87. The summed E-state index contributed by atoms with van der Waals surface area (Å²) >= 11 is 0. The van der Waals surface area contributed by atoms with Crippen LogP contribution in [-0.4, -0.2) is 12.7 Å². The number of hydrogen-bond donors (Lipinski definition) is 0. The maximum Gasteiger partial charge on any atom is 0.0603 e. The lowest BCUT2D eigenvalue weighted by Crippen LogP contribution is -2.27. The molecule has 2 rings (SSSR count). The second kappa shape index (κ2) is 4.99. The molecule has 0 aromatic carbocycles. The highest BCUT2D eigenvalue weighted by Crippen LogP contribution is 2.31. The molecule has 2 fully saturated rings. The van der Waals surface area contributed by atoms with E-state index in [0.717, 1.165) is 12.5 Å². The summed E-state index contributed by atoms with van der Waals surface area (Å²) in [4.78, 5) is 0. The van der Waals surface area contributed by atoms with Crippen molar-refractivity contribution in [3.05, 3.63) is 0 Å². The quantitative estimate of drug-likeness (QED) is 0.564. The summed E-state index contributed by atoms with van der Waals surface area (Å²) in [5.41, 5.74) is 0. The van der Waals surface area contributed by atoms with Gasteiger partial charge < -0.3 is 4.74 Å². The van der Waals surface area contributed by atoms with Crippen molar-refractivity contribution in [1.82, 2.24) is 0 Å². The Morgan fingerprint density at radius 1 is 0.692 bits per heavy atom. The minimum atomic E-state index is 0.631. The normalized spacial score (nSPS) is 32.8. The van der Waals surface area contributed by atoms with Crippen LogP contribution in [0.15, 0.2) is 0 Å². The van der Waals surface area contributed by atoms with Gasteiger partial charge in [-0.15, -0.1) is 0 Å². The summed E-state index contributed by atoms with van der Waals surface area (Å²) in [6.45, 7) is 1.03. The largest absolute Gasteiger partial charge is 0.378 e. The molecule has 2 aliphatic rings. The van der Waals surface area contributed by atoms with E-state index in [9.17, 15) is 0 Å². The fraction of sp³-hybridized carbons (Fsp3) is 1.00. The summed E-state index contributed by atoms with van der Waals surface area (Å²) in [5, 5.41) is 0. The zero-order chi connectivity index (χ0) is 8.93. The predicted molar refractivity (Wildman–Crippen MR) is 54.8 cm³/mol. The minimum Gasteiger partial charge on any atom is -0.378 e. The van der Waals surface area contributed by atoms with Crippen molar-refractivity contribution in [2.45, 2.75) is 63.9 Å². The van der Waals surface area contributed by atoms with Gasteiger partial charge in [0.15, 0.2) is 0 Å². The van der Waals surface area contributed by atoms with Crippen LogP contribution < -0.4 is 0 Å². The first-order valence-corrected chi connectivity index (χ1v) is 6.08. The van der Waals surface area contributed by atoms with E-state index in [4.69, 9.17) is 4.74 Å². The highest BCUT2D eigenvalue weighted by atomic mass is 16.5. The third-order valence-electron chi connectivity index (χ3n) is 3.64. The molecular formula is C12H22O. The molecule has 1 aliphatic heterocycles. The predicted octanol–water partition coefficient (Wildman–Crippen LogP) is 3.53. The second-order valence-corrected chi connectivity index (χ2v) is 4.66. The summed E-state index contributed by atoms with van der Waals surface area (Å²) in [7, 11) is 0. The molecule has 0 spiro atoms. The molecule has 0 bridgehead atoms. The Morgan fingerprint density at radius 2 is 1.38 bits per heavy atom. The van der Waals surface area contributed by atoms with E-state index in [2.05, 4.69) is 0 Å². The molecule has 0 radical (unpaired) electrons. The molecule has 1 aliphatic carbocycles. The van der Waals surface area contributed by atoms with Crippen LogP contribution in [0.25, 0.3) is 0 Å². The molecule has 1 heterocycles. The van der Waals surface area contributed by atoms with Gasteiger partial charge in [0.2, 0.25) is 0 Å². The van der Waals surface area contributed by atoms with Crippen molar-refractivity contribution in [2.24, 2.45) is 5.92 Å². The molecule has 0 aromatic heterocycles. The fourth-order valence-electron chi connectivity index (χ4n) is 2.82. The lowest BCUT2D eigenvalue weighted by atomic mass is 9.89. The van der Waals surface area contributed by atoms with E-state index in [-0.39, 0.29) is 0 Å².